The average molecular weight is 348 g/mol. The van der Waals surface area contributed by atoms with Crippen LogP contribution in [0.5, 0.6) is 5.88 Å². The van der Waals surface area contributed by atoms with E-state index in [-0.39, 0.29) is 24.7 Å². The highest BCUT2D eigenvalue weighted by atomic mass is 16.5. The number of amides is 2. The Morgan fingerprint density at radius 1 is 1.40 bits per heavy atom. The van der Waals surface area contributed by atoms with Gasteiger partial charge in [-0.15, -0.1) is 0 Å². The van der Waals surface area contributed by atoms with Gasteiger partial charge in [-0.05, 0) is 37.7 Å². The quantitative estimate of drug-likeness (QED) is 0.658. The maximum absolute atomic E-state index is 12.1. The van der Waals surface area contributed by atoms with Crippen molar-refractivity contribution in [3.05, 3.63) is 18.3 Å². The van der Waals surface area contributed by atoms with E-state index in [0.717, 1.165) is 19.4 Å². The highest BCUT2D eigenvalue weighted by Crippen LogP contribution is 2.33. The number of carboxylic acid groups (broad SMARTS) is 1. The summed E-state index contributed by atoms with van der Waals surface area (Å²) in [6, 6.07) is 3.37. The second kappa shape index (κ2) is 7.69. The molecule has 2 aliphatic rings. The monoisotopic (exact) mass is 348 g/mol. The van der Waals surface area contributed by atoms with Crippen molar-refractivity contribution in [2.75, 3.05) is 25.5 Å². The van der Waals surface area contributed by atoms with Crippen molar-refractivity contribution >= 4 is 17.7 Å². The molecule has 0 aliphatic heterocycles. The van der Waals surface area contributed by atoms with Crippen LogP contribution in [-0.4, -0.2) is 59.3 Å². The van der Waals surface area contributed by atoms with E-state index in [2.05, 4.69) is 15.6 Å². The van der Waals surface area contributed by atoms with E-state index in [0.29, 0.717) is 17.5 Å². The van der Waals surface area contributed by atoms with Crippen molar-refractivity contribution in [3.8, 4) is 5.88 Å². The first-order valence-electron chi connectivity index (χ1n) is 8.57. The molecule has 8 heteroatoms. The summed E-state index contributed by atoms with van der Waals surface area (Å²) in [7, 11) is 1.52. The molecule has 136 valence electrons. The molecular formula is C17H24N4O4. The minimum atomic E-state index is -0.790. The first-order chi connectivity index (χ1) is 12.0. The van der Waals surface area contributed by atoms with Crippen LogP contribution in [0.2, 0.25) is 0 Å². The number of hydrogen-bond donors (Lipinski definition) is 3. The van der Waals surface area contributed by atoms with E-state index in [1.807, 2.05) is 4.90 Å². The molecule has 1 aromatic rings. The fourth-order valence-electron chi connectivity index (χ4n) is 3.10. The summed E-state index contributed by atoms with van der Waals surface area (Å²) in [5.41, 5.74) is 0.612. The number of pyridine rings is 1. The van der Waals surface area contributed by atoms with Crippen molar-refractivity contribution in [1.29, 1.82) is 0 Å². The van der Waals surface area contributed by atoms with Crippen molar-refractivity contribution in [2.45, 2.75) is 37.8 Å². The molecule has 25 heavy (non-hydrogen) atoms. The molecule has 0 unspecified atom stereocenters. The summed E-state index contributed by atoms with van der Waals surface area (Å²) >= 11 is 0. The van der Waals surface area contributed by atoms with Crippen molar-refractivity contribution in [1.82, 2.24) is 15.2 Å². The summed E-state index contributed by atoms with van der Waals surface area (Å²) in [5, 5.41) is 14.7. The number of carbonyl (C=O) groups excluding carboxylic acids is 1. The standard InChI is InChI=1S/C17H24N4O4/c1-25-15-8-12(4-5-18-15)19-17(24)20-13-6-14(7-13)21(10-16(22)23)9-11-2-3-11/h4-5,8,11,13-14H,2-3,6-7,9-10H2,1H3,(H,22,23)(H2,18,19,20,24). The molecule has 0 bridgehead atoms. The number of carboxylic acids is 1. The number of rotatable bonds is 8. The topological polar surface area (TPSA) is 104 Å². The maximum atomic E-state index is 12.1. The van der Waals surface area contributed by atoms with Crippen LogP contribution in [0.3, 0.4) is 0 Å². The fourth-order valence-corrected chi connectivity index (χ4v) is 3.10. The van der Waals surface area contributed by atoms with Crippen LogP contribution in [0.1, 0.15) is 25.7 Å². The molecule has 1 aromatic heterocycles. The summed E-state index contributed by atoms with van der Waals surface area (Å²) in [4.78, 5) is 29.1. The van der Waals surface area contributed by atoms with Gasteiger partial charge in [0.1, 0.15) is 0 Å². The number of anilines is 1. The Labute approximate surface area is 146 Å². The number of urea groups is 1. The zero-order valence-corrected chi connectivity index (χ0v) is 14.3. The van der Waals surface area contributed by atoms with Crippen LogP contribution in [-0.2, 0) is 4.79 Å². The molecule has 8 nitrogen and oxygen atoms in total. The molecule has 2 saturated carbocycles. The predicted octanol–water partition coefficient (Wildman–Crippen LogP) is 1.54. The van der Waals surface area contributed by atoms with Gasteiger partial charge in [0.25, 0.3) is 0 Å². The molecule has 1 heterocycles. The van der Waals surface area contributed by atoms with Gasteiger partial charge in [0.15, 0.2) is 0 Å². The average Bonchev–Trinajstić information content (AvgIpc) is 3.33. The van der Waals surface area contributed by atoms with E-state index >= 15 is 0 Å². The number of aromatic nitrogens is 1. The minimum Gasteiger partial charge on any atom is -0.481 e. The number of carbonyl (C=O) groups is 2. The molecule has 0 radical (unpaired) electrons. The first-order valence-corrected chi connectivity index (χ1v) is 8.57. The molecule has 0 saturated heterocycles. The Hall–Kier alpha value is -2.35. The molecule has 2 amide bonds. The number of nitrogens with one attached hydrogen (secondary N) is 2. The summed E-state index contributed by atoms with van der Waals surface area (Å²) in [5.74, 6) is 0.295. The zero-order chi connectivity index (χ0) is 17.8. The zero-order valence-electron chi connectivity index (χ0n) is 14.3. The third kappa shape index (κ3) is 5.06. The number of nitrogens with zero attached hydrogens (tertiary/aromatic N) is 2. The lowest BCUT2D eigenvalue weighted by molar-refractivity contribution is -0.139. The lowest BCUT2D eigenvalue weighted by atomic mass is 9.85. The summed E-state index contributed by atoms with van der Waals surface area (Å²) in [6.45, 7) is 0.934. The van der Waals surface area contributed by atoms with Gasteiger partial charge in [-0.1, -0.05) is 0 Å². The molecular weight excluding hydrogens is 324 g/mol. The smallest absolute Gasteiger partial charge is 0.319 e. The van der Waals surface area contributed by atoms with Gasteiger partial charge in [0.05, 0.1) is 13.7 Å². The van der Waals surface area contributed by atoms with Gasteiger partial charge in [0, 0.05) is 36.6 Å². The van der Waals surface area contributed by atoms with E-state index in [1.54, 1.807) is 18.3 Å². The van der Waals surface area contributed by atoms with Crippen LogP contribution in [0.4, 0.5) is 10.5 Å². The molecule has 2 fully saturated rings. The van der Waals surface area contributed by atoms with Crippen molar-refractivity contribution in [2.24, 2.45) is 5.92 Å². The second-order valence-electron chi connectivity index (χ2n) is 6.77. The number of ether oxygens (including phenoxy) is 1. The van der Waals surface area contributed by atoms with E-state index in [9.17, 15) is 9.59 Å². The number of methoxy groups -OCH3 is 1. The molecule has 0 atom stereocenters. The first kappa shape index (κ1) is 17.5. The van der Waals surface area contributed by atoms with Crippen LogP contribution in [0, 0.1) is 5.92 Å². The van der Waals surface area contributed by atoms with E-state index in [1.165, 1.54) is 20.0 Å². The maximum Gasteiger partial charge on any atom is 0.319 e. The fraction of sp³-hybridized carbons (Fsp3) is 0.588. The second-order valence-corrected chi connectivity index (χ2v) is 6.77. The van der Waals surface area contributed by atoms with Gasteiger partial charge >= 0.3 is 12.0 Å². The molecule has 0 spiro atoms. The third-order valence-electron chi connectivity index (χ3n) is 4.69. The minimum absolute atomic E-state index is 0.0734. The largest absolute Gasteiger partial charge is 0.481 e. The number of aliphatic carboxylic acids is 1. The Morgan fingerprint density at radius 2 is 2.16 bits per heavy atom. The Kier molecular flexibility index (Phi) is 5.37. The van der Waals surface area contributed by atoms with Gasteiger partial charge in [-0.25, -0.2) is 9.78 Å². The van der Waals surface area contributed by atoms with Crippen molar-refractivity contribution < 1.29 is 19.4 Å². The van der Waals surface area contributed by atoms with Crippen LogP contribution in [0.15, 0.2) is 18.3 Å². The molecule has 0 aromatic carbocycles. The SMILES string of the molecule is COc1cc(NC(=O)NC2CC(N(CC(=O)O)CC3CC3)C2)ccn1. The van der Waals surface area contributed by atoms with E-state index < -0.39 is 5.97 Å². The Morgan fingerprint density at radius 3 is 2.80 bits per heavy atom. The third-order valence-corrected chi connectivity index (χ3v) is 4.69. The molecule has 3 N–H and O–H groups in total. The lowest BCUT2D eigenvalue weighted by Gasteiger charge is -2.42. The van der Waals surface area contributed by atoms with Crippen LogP contribution in [0.25, 0.3) is 0 Å². The van der Waals surface area contributed by atoms with E-state index in [4.69, 9.17) is 9.84 Å². The Balaban J connectivity index is 1.43. The summed E-state index contributed by atoms with van der Waals surface area (Å²) < 4.78 is 5.02. The Bertz CT molecular complexity index is 629. The predicted molar refractivity (Wildman–Crippen MR) is 91.7 cm³/mol. The molecule has 3 rings (SSSR count). The normalized spacial score (nSPS) is 22.2. The summed E-state index contributed by atoms with van der Waals surface area (Å²) in [6.07, 6.45) is 5.53. The highest BCUT2D eigenvalue weighted by molar-refractivity contribution is 5.89. The lowest BCUT2D eigenvalue weighted by Crippen LogP contribution is -2.55. The van der Waals surface area contributed by atoms with Gasteiger partial charge in [0.2, 0.25) is 5.88 Å². The van der Waals surface area contributed by atoms with Gasteiger partial charge in [-0.3, -0.25) is 9.69 Å². The van der Waals surface area contributed by atoms with Gasteiger partial charge < -0.3 is 20.5 Å². The van der Waals surface area contributed by atoms with Crippen molar-refractivity contribution in [3.63, 3.8) is 0 Å². The van der Waals surface area contributed by atoms with Crippen LogP contribution < -0.4 is 15.4 Å². The number of hydrogen-bond acceptors (Lipinski definition) is 5. The van der Waals surface area contributed by atoms with Gasteiger partial charge in [-0.2, -0.15) is 0 Å². The van der Waals surface area contributed by atoms with Crippen LogP contribution >= 0.6 is 0 Å². The molecule has 2 aliphatic carbocycles. The highest BCUT2D eigenvalue weighted by Gasteiger charge is 2.37.